The molecule has 3 aromatic rings. The summed E-state index contributed by atoms with van der Waals surface area (Å²) in [7, 11) is 0. The number of aromatic nitrogens is 3. The van der Waals surface area contributed by atoms with Crippen LogP contribution in [0.1, 0.15) is 19.9 Å². The van der Waals surface area contributed by atoms with Gasteiger partial charge in [0.1, 0.15) is 0 Å². The third kappa shape index (κ3) is 1.69. The standard InChI is InChI=1S/C14H14N4O2/c1-8(2)17-5-3-11-9(13(17)19)7-10-12(16-11)4-6-18(15)14(10)20/h3-8H,15H2,1-2H3. The SMILES string of the molecule is CC(C)n1ccc2nc3ccn(N)c(=O)c3cc2c1=O. The molecule has 20 heavy (non-hydrogen) atoms. The molecule has 102 valence electrons. The molecule has 0 atom stereocenters. The number of hydrogen-bond donors (Lipinski definition) is 1. The van der Waals surface area contributed by atoms with Crippen LogP contribution in [0, 0.1) is 0 Å². The van der Waals surface area contributed by atoms with Gasteiger partial charge in [0, 0.05) is 18.4 Å². The lowest BCUT2D eigenvalue weighted by atomic mass is 10.2. The predicted octanol–water partition coefficient (Wildman–Crippen LogP) is 1.01. The molecule has 2 N–H and O–H groups in total. The van der Waals surface area contributed by atoms with Gasteiger partial charge in [-0.2, -0.15) is 0 Å². The molecule has 3 heterocycles. The van der Waals surface area contributed by atoms with Crippen molar-refractivity contribution in [1.29, 1.82) is 0 Å². The molecule has 6 heteroatoms. The van der Waals surface area contributed by atoms with E-state index in [0.717, 1.165) is 4.68 Å². The maximum atomic E-state index is 12.4. The van der Waals surface area contributed by atoms with Crippen molar-refractivity contribution in [2.24, 2.45) is 0 Å². The number of nitrogens with two attached hydrogens (primary N) is 1. The molecule has 0 aliphatic heterocycles. The van der Waals surface area contributed by atoms with E-state index in [2.05, 4.69) is 4.98 Å². The quantitative estimate of drug-likeness (QED) is 0.528. The molecule has 0 saturated carbocycles. The molecular formula is C14H14N4O2. The highest BCUT2D eigenvalue weighted by molar-refractivity contribution is 5.91. The minimum atomic E-state index is -0.365. The summed E-state index contributed by atoms with van der Waals surface area (Å²) in [5, 5.41) is 0.776. The summed E-state index contributed by atoms with van der Waals surface area (Å²) in [5.74, 6) is 5.54. The van der Waals surface area contributed by atoms with E-state index in [1.165, 1.54) is 6.20 Å². The van der Waals surface area contributed by atoms with E-state index < -0.39 is 0 Å². The molecule has 0 saturated heterocycles. The topological polar surface area (TPSA) is 82.9 Å². The van der Waals surface area contributed by atoms with Gasteiger partial charge in [0.2, 0.25) is 0 Å². The summed E-state index contributed by atoms with van der Waals surface area (Å²) < 4.78 is 2.60. The van der Waals surface area contributed by atoms with E-state index in [4.69, 9.17) is 5.84 Å². The van der Waals surface area contributed by atoms with Gasteiger partial charge in [-0.3, -0.25) is 9.59 Å². The second kappa shape index (κ2) is 4.19. The van der Waals surface area contributed by atoms with Crippen molar-refractivity contribution in [2.45, 2.75) is 19.9 Å². The highest BCUT2D eigenvalue weighted by atomic mass is 16.1. The number of fused-ring (bicyclic) bond motifs is 2. The summed E-state index contributed by atoms with van der Waals surface area (Å²) in [6.07, 6.45) is 3.18. The van der Waals surface area contributed by atoms with Crippen molar-refractivity contribution in [3.8, 4) is 0 Å². The fourth-order valence-electron chi connectivity index (χ4n) is 2.26. The summed E-state index contributed by atoms with van der Waals surface area (Å²) >= 11 is 0. The van der Waals surface area contributed by atoms with E-state index in [0.29, 0.717) is 21.8 Å². The summed E-state index contributed by atoms with van der Waals surface area (Å²) in [4.78, 5) is 28.7. The minimum absolute atomic E-state index is 0.0459. The molecule has 0 spiro atoms. The van der Waals surface area contributed by atoms with Crippen molar-refractivity contribution in [3.63, 3.8) is 0 Å². The Bertz CT molecular complexity index is 937. The zero-order valence-electron chi connectivity index (χ0n) is 11.2. The number of rotatable bonds is 1. The molecule has 0 fully saturated rings. The highest BCUT2D eigenvalue weighted by Gasteiger charge is 2.10. The van der Waals surface area contributed by atoms with Crippen LogP contribution < -0.4 is 17.0 Å². The van der Waals surface area contributed by atoms with Crippen LogP contribution in [0.5, 0.6) is 0 Å². The monoisotopic (exact) mass is 270 g/mol. The Hall–Kier alpha value is -2.63. The predicted molar refractivity (Wildman–Crippen MR) is 78.3 cm³/mol. The Morgan fingerprint density at radius 1 is 1.05 bits per heavy atom. The molecule has 0 bridgehead atoms. The minimum Gasteiger partial charge on any atom is -0.336 e. The fourth-order valence-corrected chi connectivity index (χ4v) is 2.26. The van der Waals surface area contributed by atoms with Crippen LogP contribution >= 0.6 is 0 Å². The molecule has 0 aliphatic carbocycles. The molecular weight excluding hydrogens is 256 g/mol. The Balaban J connectivity index is 2.50. The third-order valence-electron chi connectivity index (χ3n) is 3.35. The highest BCUT2D eigenvalue weighted by Crippen LogP contribution is 2.14. The Labute approximate surface area is 114 Å². The molecule has 3 rings (SSSR count). The first-order chi connectivity index (χ1) is 9.49. The van der Waals surface area contributed by atoms with Crippen molar-refractivity contribution in [2.75, 3.05) is 5.84 Å². The van der Waals surface area contributed by atoms with Crippen molar-refractivity contribution < 1.29 is 0 Å². The lowest BCUT2D eigenvalue weighted by molar-refractivity contribution is 0.582. The van der Waals surface area contributed by atoms with Gasteiger partial charge in [-0.1, -0.05) is 0 Å². The third-order valence-corrected chi connectivity index (χ3v) is 3.35. The smallest absolute Gasteiger partial charge is 0.278 e. The van der Waals surface area contributed by atoms with Crippen LogP contribution in [0.15, 0.2) is 40.2 Å². The second-order valence-electron chi connectivity index (χ2n) is 5.00. The maximum absolute atomic E-state index is 12.4. The van der Waals surface area contributed by atoms with Gasteiger partial charge >= 0.3 is 0 Å². The van der Waals surface area contributed by atoms with E-state index >= 15 is 0 Å². The first-order valence-corrected chi connectivity index (χ1v) is 6.31. The first kappa shape index (κ1) is 12.4. The zero-order valence-corrected chi connectivity index (χ0v) is 11.2. The molecule has 3 aromatic heterocycles. The van der Waals surface area contributed by atoms with Gasteiger partial charge in [0.15, 0.2) is 0 Å². The van der Waals surface area contributed by atoms with Gasteiger partial charge < -0.3 is 10.4 Å². The average molecular weight is 270 g/mol. The Kier molecular flexibility index (Phi) is 2.60. The van der Waals surface area contributed by atoms with E-state index in [-0.39, 0.29) is 17.2 Å². The number of nitrogens with zero attached hydrogens (tertiary/aromatic N) is 3. The van der Waals surface area contributed by atoms with Crippen LogP contribution in [-0.2, 0) is 0 Å². The number of pyridine rings is 3. The van der Waals surface area contributed by atoms with E-state index in [1.54, 1.807) is 29.0 Å². The normalized spacial score (nSPS) is 11.6. The van der Waals surface area contributed by atoms with Crippen LogP contribution in [0.25, 0.3) is 21.8 Å². The Morgan fingerprint density at radius 3 is 2.30 bits per heavy atom. The molecule has 0 aromatic carbocycles. The first-order valence-electron chi connectivity index (χ1n) is 6.31. The molecule has 6 nitrogen and oxygen atoms in total. The maximum Gasteiger partial charge on any atom is 0.278 e. The van der Waals surface area contributed by atoms with Crippen molar-refractivity contribution in [3.05, 3.63) is 51.3 Å². The largest absolute Gasteiger partial charge is 0.336 e. The lowest BCUT2D eigenvalue weighted by Gasteiger charge is -2.10. The van der Waals surface area contributed by atoms with Gasteiger partial charge in [0.25, 0.3) is 11.1 Å². The van der Waals surface area contributed by atoms with Crippen molar-refractivity contribution in [1.82, 2.24) is 14.2 Å². The molecule has 0 aliphatic rings. The number of nitrogen functional groups attached to an aromatic ring is 1. The molecule has 0 radical (unpaired) electrons. The van der Waals surface area contributed by atoms with E-state index in [1.807, 2.05) is 13.8 Å². The van der Waals surface area contributed by atoms with Gasteiger partial charge in [-0.05, 0) is 32.0 Å². The van der Waals surface area contributed by atoms with E-state index in [9.17, 15) is 9.59 Å². The van der Waals surface area contributed by atoms with Gasteiger partial charge in [-0.25, -0.2) is 9.66 Å². The fraction of sp³-hybridized carbons (Fsp3) is 0.214. The summed E-state index contributed by atoms with van der Waals surface area (Å²) in [6, 6.07) is 5.06. The van der Waals surface area contributed by atoms with Gasteiger partial charge in [-0.15, -0.1) is 0 Å². The summed E-state index contributed by atoms with van der Waals surface area (Å²) in [5.41, 5.74) is 0.592. The second-order valence-corrected chi connectivity index (χ2v) is 5.00. The number of hydrogen-bond acceptors (Lipinski definition) is 4. The van der Waals surface area contributed by atoms with Crippen LogP contribution in [0.4, 0.5) is 0 Å². The summed E-state index contributed by atoms with van der Waals surface area (Å²) in [6.45, 7) is 3.85. The molecule has 0 amide bonds. The van der Waals surface area contributed by atoms with Crippen molar-refractivity contribution >= 4 is 21.8 Å². The van der Waals surface area contributed by atoms with Crippen LogP contribution in [0.3, 0.4) is 0 Å². The lowest BCUT2D eigenvalue weighted by Crippen LogP contribution is -2.27. The van der Waals surface area contributed by atoms with Gasteiger partial charge in [0.05, 0.1) is 21.8 Å². The zero-order chi connectivity index (χ0) is 14.4. The van der Waals surface area contributed by atoms with Crippen LogP contribution in [0.2, 0.25) is 0 Å². The Morgan fingerprint density at radius 2 is 1.65 bits per heavy atom. The van der Waals surface area contributed by atoms with Crippen LogP contribution in [-0.4, -0.2) is 14.2 Å². The molecule has 0 unspecified atom stereocenters. The average Bonchev–Trinajstić information content (AvgIpc) is 2.42.